The number of alkyl halides is 3. The van der Waals surface area contributed by atoms with Crippen LogP contribution in [0.3, 0.4) is 0 Å². The average molecular weight is 357 g/mol. The van der Waals surface area contributed by atoms with Crippen LogP contribution in [0.15, 0.2) is 24.3 Å². The average Bonchev–Trinajstić information content (AvgIpc) is 2.52. The van der Waals surface area contributed by atoms with Crippen molar-refractivity contribution < 1.29 is 28.5 Å². The highest BCUT2D eigenvalue weighted by Gasteiger charge is 2.32. The Morgan fingerprint density at radius 1 is 1.16 bits per heavy atom. The molecule has 1 aromatic heterocycles. The van der Waals surface area contributed by atoms with Crippen LogP contribution in [-0.2, 0) is 6.18 Å². The Bertz CT molecular complexity index is 724. The van der Waals surface area contributed by atoms with E-state index in [-0.39, 0.29) is 23.4 Å². The molecule has 0 spiro atoms. The number of rotatable bonds is 5. The fourth-order valence-corrected chi connectivity index (χ4v) is 2.16. The quantitative estimate of drug-likeness (QED) is 0.656. The van der Waals surface area contributed by atoms with E-state index in [4.69, 9.17) is 5.11 Å². The Kier molecular flexibility index (Phi) is 5.19. The molecule has 0 saturated carbocycles. The topological polar surface area (TPSA) is 98.5 Å². The Balaban J connectivity index is 2.25. The minimum absolute atomic E-state index is 0.0298. The van der Waals surface area contributed by atoms with E-state index in [1.165, 1.54) is 26.0 Å². The molecule has 0 fully saturated rings. The van der Waals surface area contributed by atoms with Crippen molar-refractivity contribution in [1.82, 2.24) is 10.2 Å². The molecule has 136 valence electrons. The van der Waals surface area contributed by atoms with Gasteiger partial charge in [-0.25, -0.2) is 0 Å². The molecule has 0 aliphatic rings. The largest absolute Gasteiger partial charge is 0.507 e. The number of halogens is 3. The molecule has 0 aliphatic carbocycles. The first-order chi connectivity index (χ1) is 11.5. The van der Waals surface area contributed by atoms with Crippen molar-refractivity contribution in [2.24, 2.45) is 0 Å². The third kappa shape index (κ3) is 4.58. The number of anilines is 1. The maximum Gasteiger partial charge on any atom is 0.416 e. The van der Waals surface area contributed by atoms with Gasteiger partial charge < -0.3 is 20.6 Å². The number of benzene rings is 1. The molecule has 2 aromatic rings. The van der Waals surface area contributed by atoms with Gasteiger partial charge >= 0.3 is 6.18 Å². The monoisotopic (exact) mass is 357 g/mol. The first-order valence-electron chi connectivity index (χ1n) is 7.35. The van der Waals surface area contributed by atoms with Crippen LogP contribution in [-0.4, -0.2) is 44.3 Å². The lowest BCUT2D eigenvalue weighted by atomic mass is 10.0. The minimum atomic E-state index is -4.55. The summed E-state index contributed by atoms with van der Waals surface area (Å²) in [6.07, 6.45) is -4.55. The van der Waals surface area contributed by atoms with Gasteiger partial charge in [-0.05, 0) is 43.7 Å². The Morgan fingerprint density at radius 2 is 1.84 bits per heavy atom. The molecule has 1 heterocycles. The van der Waals surface area contributed by atoms with E-state index in [0.717, 1.165) is 6.07 Å². The lowest BCUT2D eigenvalue weighted by Gasteiger charge is -2.20. The standard InChI is InChI=1S/C16H18F3N3O3/c1-9-5-10(16(17,18)19)6-12(24)14(9)11-3-4-13(22-21-11)20-7-15(2,25)8-23/h3-6,23-25H,7-8H2,1-2H3,(H,20,22)/t15-/m0/s1. The molecule has 4 N–H and O–H groups in total. The Hall–Kier alpha value is -2.39. The third-order valence-corrected chi connectivity index (χ3v) is 3.55. The number of hydrogen-bond donors (Lipinski definition) is 4. The van der Waals surface area contributed by atoms with Gasteiger partial charge in [-0.1, -0.05) is 0 Å². The number of aliphatic hydroxyl groups excluding tert-OH is 1. The zero-order chi connectivity index (χ0) is 18.8. The molecule has 0 unspecified atom stereocenters. The van der Waals surface area contributed by atoms with E-state index in [0.29, 0.717) is 11.9 Å². The summed E-state index contributed by atoms with van der Waals surface area (Å²) in [6, 6.07) is 4.57. The highest BCUT2D eigenvalue weighted by Crippen LogP contribution is 2.38. The normalized spacial score (nSPS) is 14.2. The van der Waals surface area contributed by atoms with Crippen LogP contribution in [0.5, 0.6) is 5.75 Å². The molecule has 0 saturated heterocycles. The molecule has 9 heteroatoms. The van der Waals surface area contributed by atoms with Crippen molar-refractivity contribution in [2.45, 2.75) is 25.6 Å². The van der Waals surface area contributed by atoms with E-state index >= 15 is 0 Å². The van der Waals surface area contributed by atoms with Gasteiger partial charge in [-0.15, -0.1) is 10.2 Å². The maximum atomic E-state index is 12.8. The van der Waals surface area contributed by atoms with Gasteiger partial charge in [0.25, 0.3) is 0 Å². The summed E-state index contributed by atoms with van der Waals surface area (Å²) in [4.78, 5) is 0. The summed E-state index contributed by atoms with van der Waals surface area (Å²) < 4.78 is 38.3. The summed E-state index contributed by atoms with van der Waals surface area (Å²) in [6.45, 7) is 2.47. The molecule has 0 amide bonds. The Labute approximate surface area is 142 Å². The summed E-state index contributed by atoms with van der Waals surface area (Å²) in [5.41, 5.74) is -1.69. The van der Waals surface area contributed by atoms with Crippen molar-refractivity contribution >= 4 is 5.82 Å². The molecule has 1 aromatic carbocycles. The summed E-state index contributed by atoms with van der Waals surface area (Å²) in [5, 5.41) is 39.2. The fourth-order valence-electron chi connectivity index (χ4n) is 2.16. The highest BCUT2D eigenvalue weighted by atomic mass is 19.4. The lowest BCUT2D eigenvalue weighted by Crippen LogP contribution is -2.37. The van der Waals surface area contributed by atoms with Gasteiger partial charge in [0.1, 0.15) is 17.2 Å². The number of phenolic OH excluding ortho intramolecular Hbond substituents is 1. The van der Waals surface area contributed by atoms with Crippen molar-refractivity contribution in [3.05, 3.63) is 35.4 Å². The lowest BCUT2D eigenvalue weighted by molar-refractivity contribution is -0.137. The summed E-state index contributed by atoms with van der Waals surface area (Å²) >= 11 is 0. The van der Waals surface area contributed by atoms with E-state index in [1.54, 1.807) is 0 Å². The van der Waals surface area contributed by atoms with Crippen molar-refractivity contribution in [1.29, 1.82) is 0 Å². The van der Waals surface area contributed by atoms with Crippen molar-refractivity contribution in [3.63, 3.8) is 0 Å². The van der Waals surface area contributed by atoms with Crippen LogP contribution in [0.4, 0.5) is 19.0 Å². The van der Waals surface area contributed by atoms with Gasteiger partial charge in [0, 0.05) is 12.1 Å². The predicted molar refractivity (Wildman–Crippen MR) is 85.1 cm³/mol. The van der Waals surface area contributed by atoms with Gasteiger partial charge in [-0.3, -0.25) is 0 Å². The van der Waals surface area contributed by atoms with E-state index in [9.17, 15) is 23.4 Å². The molecule has 2 rings (SSSR count). The zero-order valence-electron chi connectivity index (χ0n) is 13.6. The fraction of sp³-hybridized carbons (Fsp3) is 0.375. The third-order valence-electron chi connectivity index (χ3n) is 3.55. The number of aliphatic hydroxyl groups is 2. The molecule has 0 aliphatic heterocycles. The number of phenols is 1. The maximum absolute atomic E-state index is 12.8. The summed E-state index contributed by atoms with van der Waals surface area (Å²) in [7, 11) is 0. The second-order valence-electron chi connectivity index (χ2n) is 6.00. The Morgan fingerprint density at radius 3 is 2.32 bits per heavy atom. The number of aromatic hydroxyl groups is 1. The second kappa shape index (κ2) is 6.85. The molecule has 25 heavy (non-hydrogen) atoms. The van der Waals surface area contributed by atoms with E-state index in [2.05, 4.69) is 15.5 Å². The molecule has 0 radical (unpaired) electrons. The van der Waals surface area contributed by atoms with Crippen LogP contribution >= 0.6 is 0 Å². The van der Waals surface area contributed by atoms with Crippen LogP contribution < -0.4 is 5.32 Å². The number of nitrogens with one attached hydrogen (secondary N) is 1. The van der Waals surface area contributed by atoms with E-state index < -0.39 is 29.7 Å². The number of hydrogen-bond acceptors (Lipinski definition) is 6. The molecular weight excluding hydrogens is 339 g/mol. The zero-order valence-corrected chi connectivity index (χ0v) is 13.6. The highest BCUT2D eigenvalue weighted by molar-refractivity contribution is 5.71. The van der Waals surface area contributed by atoms with E-state index in [1.807, 2.05) is 0 Å². The summed E-state index contributed by atoms with van der Waals surface area (Å²) in [5.74, 6) is -0.230. The molecule has 1 atom stereocenters. The smallest absolute Gasteiger partial charge is 0.416 e. The van der Waals surface area contributed by atoms with Gasteiger partial charge in [0.15, 0.2) is 0 Å². The second-order valence-corrected chi connectivity index (χ2v) is 6.00. The van der Waals surface area contributed by atoms with Crippen molar-refractivity contribution in [3.8, 4) is 17.0 Å². The van der Waals surface area contributed by atoms with Crippen LogP contribution in [0.25, 0.3) is 11.3 Å². The van der Waals surface area contributed by atoms with Gasteiger partial charge in [-0.2, -0.15) is 13.2 Å². The first kappa shape index (κ1) is 18.9. The number of aromatic nitrogens is 2. The number of nitrogens with zero attached hydrogens (tertiary/aromatic N) is 2. The molecular formula is C16H18F3N3O3. The molecule has 6 nitrogen and oxygen atoms in total. The first-order valence-corrected chi connectivity index (χ1v) is 7.35. The SMILES string of the molecule is Cc1cc(C(F)(F)F)cc(O)c1-c1ccc(NC[C@](C)(O)CO)nn1. The molecule has 0 bridgehead atoms. The van der Waals surface area contributed by atoms with Crippen LogP contribution in [0.2, 0.25) is 0 Å². The van der Waals surface area contributed by atoms with Gasteiger partial charge in [0.2, 0.25) is 0 Å². The van der Waals surface area contributed by atoms with Crippen molar-refractivity contribution in [2.75, 3.05) is 18.5 Å². The van der Waals surface area contributed by atoms with Crippen LogP contribution in [0, 0.1) is 6.92 Å². The van der Waals surface area contributed by atoms with Crippen LogP contribution in [0.1, 0.15) is 18.1 Å². The van der Waals surface area contributed by atoms with Gasteiger partial charge in [0.05, 0.1) is 17.9 Å². The minimum Gasteiger partial charge on any atom is -0.507 e. The number of aryl methyl sites for hydroxylation is 1. The predicted octanol–water partition coefficient (Wildman–Crippen LogP) is 2.33.